The van der Waals surface area contributed by atoms with Crippen LogP contribution in [0.1, 0.15) is 16.7 Å². The highest BCUT2D eigenvalue weighted by atomic mass is 19.4. The van der Waals surface area contributed by atoms with Gasteiger partial charge in [0.15, 0.2) is 0 Å². The Balaban J connectivity index is 1.88. The van der Waals surface area contributed by atoms with E-state index in [1.807, 2.05) is 5.32 Å². The zero-order valence-electron chi connectivity index (χ0n) is 16.3. The summed E-state index contributed by atoms with van der Waals surface area (Å²) in [6.07, 6.45) is -10.2. The Labute approximate surface area is 177 Å². The summed E-state index contributed by atoms with van der Waals surface area (Å²) in [4.78, 5) is 38.1. The maximum atomic E-state index is 13.0. The molecule has 1 atom stereocenters. The lowest BCUT2D eigenvalue weighted by molar-refractivity contribution is -0.143. The van der Waals surface area contributed by atoms with Crippen molar-refractivity contribution in [1.82, 2.24) is 5.32 Å². The summed E-state index contributed by atoms with van der Waals surface area (Å²) in [5.74, 6) is -3.71. The second-order valence-electron chi connectivity index (χ2n) is 7.03. The van der Waals surface area contributed by atoms with E-state index in [0.717, 1.165) is 5.56 Å². The quantitative estimate of drug-likeness (QED) is 0.530. The minimum atomic E-state index is -5.10. The van der Waals surface area contributed by atoms with Gasteiger partial charge in [-0.1, -0.05) is 17.7 Å². The van der Waals surface area contributed by atoms with Gasteiger partial charge in [-0.2, -0.15) is 26.3 Å². The van der Waals surface area contributed by atoms with Crippen molar-refractivity contribution >= 4 is 29.2 Å². The van der Waals surface area contributed by atoms with E-state index in [4.69, 9.17) is 0 Å². The van der Waals surface area contributed by atoms with Crippen molar-refractivity contribution in [2.45, 2.75) is 19.3 Å². The van der Waals surface area contributed by atoms with Crippen LogP contribution in [0.15, 0.2) is 42.5 Å². The van der Waals surface area contributed by atoms with Crippen LogP contribution in [0.25, 0.3) is 0 Å². The molecule has 0 bridgehead atoms. The molecule has 3 rings (SSSR count). The van der Waals surface area contributed by atoms with E-state index in [1.54, 1.807) is 19.1 Å². The number of hydrogen-bond donors (Lipinski definition) is 2. The van der Waals surface area contributed by atoms with Gasteiger partial charge in [0.1, 0.15) is 5.92 Å². The maximum absolute atomic E-state index is 13.0. The molecule has 1 heterocycles. The SMILES string of the molecule is Cc1ccc(N2C(=O)NCC(C(=O)Nc3cc(C(F)(F)F)cc(C(F)(F)F)c3)C2=O)cc1. The van der Waals surface area contributed by atoms with Gasteiger partial charge in [-0.05, 0) is 37.3 Å². The van der Waals surface area contributed by atoms with Gasteiger partial charge in [0.25, 0.3) is 0 Å². The van der Waals surface area contributed by atoms with Crippen molar-refractivity contribution in [3.8, 4) is 0 Å². The number of urea groups is 1. The van der Waals surface area contributed by atoms with Gasteiger partial charge in [-0.3, -0.25) is 9.59 Å². The second kappa shape index (κ2) is 8.17. The van der Waals surface area contributed by atoms with Crippen molar-refractivity contribution in [3.63, 3.8) is 0 Å². The smallest absolute Gasteiger partial charge is 0.336 e. The Hall–Kier alpha value is -3.57. The number of hydrogen-bond acceptors (Lipinski definition) is 3. The molecule has 0 saturated carbocycles. The van der Waals surface area contributed by atoms with Gasteiger partial charge >= 0.3 is 18.4 Å². The molecular formula is C20H15F6N3O3. The Kier molecular flexibility index (Phi) is 5.90. The molecule has 2 aromatic rings. The highest BCUT2D eigenvalue weighted by Crippen LogP contribution is 2.37. The molecule has 1 saturated heterocycles. The average molecular weight is 459 g/mol. The zero-order chi connectivity index (χ0) is 23.8. The number of carbonyl (C=O) groups excluding carboxylic acids is 3. The maximum Gasteiger partial charge on any atom is 0.416 e. The lowest BCUT2D eigenvalue weighted by atomic mass is 10.0. The van der Waals surface area contributed by atoms with Crippen molar-refractivity contribution in [2.75, 3.05) is 16.8 Å². The molecule has 1 fully saturated rings. The van der Waals surface area contributed by atoms with Crippen LogP contribution >= 0.6 is 0 Å². The largest absolute Gasteiger partial charge is 0.416 e. The van der Waals surface area contributed by atoms with Gasteiger partial charge in [0.2, 0.25) is 11.8 Å². The van der Waals surface area contributed by atoms with Crippen LogP contribution in [-0.4, -0.2) is 24.4 Å². The standard InChI is InChI=1S/C20H15F6N3O3/c1-10-2-4-14(5-3-10)29-17(31)15(9-27-18(29)32)16(30)28-13-7-11(19(21,22)23)6-12(8-13)20(24,25)26/h2-8,15H,9H2,1H3,(H,27,32)(H,28,30). The second-order valence-corrected chi connectivity index (χ2v) is 7.03. The Morgan fingerprint density at radius 3 is 2.00 bits per heavy atom. The third-order valence-corrected chi connectivity index (χ3v) is 4.64. The van der Waals surface area contributed by atoms with E-state index in [1.165, 1.54) is 12.1 Å². The third kappa shape index (κ3) is 4.84. The predicted octanol–water partition coefficient (Wildman–Crippen LogP) is 4.34. The fraction of sp³-hybridized carbons (Fsp3) is 0.250. The van der Waals surface area contributed by atoms with Crippen LogP contribution in [0.3, 0.4) is 0 Å². The Morgan fingerprint density at radius 1 is 0.969 bits per heavy atom. The Bertz CT molecular complexity index is 1030. The average Bonchev–Trinajstić information content (AvgIpc) is 2.68. The first-order chi connectivity index (χ1) is 14.8. The normalized spacial score (nSPS) is 17.2. The molecule has 170 valence electrons. The minimum absolute atomic E-state index is 0.0826. The van der Waals surface area contributed by atoms with Crippen LogP contribution < -0.4 is 15.5 Å². The van der Waals surface area contributed by atoms with Crippen molar-refractivity contribution in [2.24, 2.45) is 5.92 Å². The van der Waals surface area contributed by atoms with Crippen molar-refractivity contribution < 1.29 is 40.7 Å². The molecule has 32 heavy (non-hydrogen) atoms. The summed E-state index contributed by atoms with van der Waals surface area (Å²) in [7, 11) is 0. The van der Waals surface area contributed by atoms with Gasteiger partial charge in [0.05, 0.1) is 16.8 Å². The lowest BCUT2D eigenvalue weighted by Gasteiger charge is -2.30. The number of nitrogens with one attached hydrogen (secondary N) is 2. The molecule has 0 spiro atoms. The molecule has 2 aromatic carbocycles. The van der Waals surface area contributed by atoms with Crippen molar-refractivity contribution in [3.05, 3.63) is 59.2 Å². The lowest BCUT2D eigenvalue weighted by Crippen LogP contribution is -2.58. The topological polar surface area (TPSA) is 78.5 Å². The van der Waals surface area contributed by atoms with E-state index in [0.29, 0.717) is 17.0 Å². The summed E-state index contributed by atoms with van der Waals surface area (Å²) in [6.45, 7) is 1.29. The van der Waals surface area contributed by atoms with E-state index in [-0.39, 0.29) is 11.8 Å². The van der Waals surface area contributed by atoms with Crippen LogP contribution in [0.2, 0.25) is 0 Å². The van der Waals surface area contributed by atoms with E-state index < -0.39 is 59.5 Å². The first-order valence-corrected chi connectivity index (χ1v) is 9.06. The van der Waals surface area contributed by atoms with E-state index >= 15 is 0 Å². The zero-order valence-corrected chi connectivity index (χ0v) is 16.3. The molecule has 1 aliphatic heterocycles. The van der Waals surface area contributed by atoms with Crippen LogP contribution in [0.5, 0.6) is 0 Å². The van der Waals surface area contributed by atoms with Gasteiger partial charge in [0, 0.05) is 12.2 Å². The molecule has 4 amide bonds. The first kappa shape index (κ1) is 23.1. The third-order valence-electron chi connectivity index (χ3n) is 4.64. The highest BCUT2D eigenvalue weighted by Gasteiger charge is 2.41. The molecular weight excluding hydrogens is 444 g/mol. The number of carbonyl (C=O) groups is 3. The molecule has 1 aliphatic rings. The van der Waals surface area contributed by atoms with Gasteiger partial charge in [-0.25, -0.2) is 9.69 Å². The summed E-state index contributed by atoms with van der Waals surface area (Å²) >= 11 is 0. The number of halogens is 6. The number of anilines is 2. The highest BCUT2D eigenvalue weighted by molar-refractivity contribution is 6.23. The minimum Gasteiger partial charge on any atom is -0.336 e. The molecule has 2 N–H and O–H groups in total. The summed E-state index contributed by atoms with van der Waals surface area (Å²) in [5, 5.41) is 4.23. The van der Waals surface area contributed by atoms with E-state index in [9.17, 15) is 40.7 Å². The molecule has 0 aromatic heterocycles. The molecule has 6 nitrogen and oxygen atoms in total. The fourth-order valence-electron chi connectivity index (χ4n) is 3.01. The molecule has 12 heteroatoms. The van der Waals surface area contributed by atoms with Crippen LogP contribution in [-0.2, 0) is 21.9 Å². The van der Waals surface area contributed by atoms with Gasteiger partial charge in [-0.15, -0.1) is 0 Å². The Morgan fingerprint density at radius 2 is 1.50 bits per heavy atom. The van der Waals surface area contributed by atoms with Crippen molar-refractivity contribution in [1.29, 1.82) is 0 Å². The number of imide groups is 1. The number of amides is 4. The number of rotatable bonds is 3. The molecule has 0 aliphatic carbocycles. The summed E-state index contributed by atoms with van der Waals surface area (Å²) in [5.41, 5.74) is -3.05. The van der Waals surface area contributed by atoms with Gasteiger partial charge < -0.3 is 10.6 Å². The predicted molar refractivity (Wildman–Crippen MR) is 101 cm³/mol. The first-order valence-electron chi connectivity index (χ1n) is 9.06. The van der Waals surface area contributed by atoms with Crippen LogP contribution in [0, 0.1) is 12.8 Å². The summed E-state index contributed by atoms with van der Waals surface area (Å²) in [6, 6.07) is 5.89. The summed E-state index contributed by atoms with van der Waals surface area (Å²) < 4.78 is 78.1. The van der Waals surface area contributed by atoms with Crippen LogP contribution in [0.4, 0.5) is 42.5 Å². The number of benzene rings is 2. The monoisotopic (exact) mass is 459 g/mol. The number of nitrogens with zero attached hydrogens (tertiary/aromatic N) is 1. The number of aryl methyl sites for hydroxylation is 1. The number of alkyl halides is 6. The fourth-order valence-corrected chi connectivity index (χ4v) is 3.01. The van der Waals surface area contributed by atoms with E-state index in [2.05, 4.69) is 5.32 Å². The molecule has 0 radical (unpaired) electrons. The molecule has 1 unspecified atom stereocenters.